The predicted octanol–water partition coefficient (Wildman–Crippen LogP) is 4.36. The molecule has 0 unspecified atom stereocenters. The summed E-state index contributed by atoms with van der Waals surface area (Å²) in [6, 6.07) is 11.7. The van der Waals surface area contributed by atoms with Gasteiger partial charge >= 0.3 is 6.18 Å². The van der Waals surface area contributed by atoms with Crippen LogP contribution >= 0.6 is 0 Å². The van der Waals surface area contributed by atoms with Gasteiger partial charge in [-0.3, -0.25) is 14.6 Å². The lowest BCUT2D eigenvalue weighted by molar-refractivity contribution is -0.137. The number of carbonyl (C=O) groups excluding carboxylic acids is 2. The lowest BCUT2D eigenvalue weighted by atomic mass is 10.1. The first-order valence-corrected chi connectivity index (χ1v) is 9.76. The molecule has 1 aromatic heterocycles. The summed E-state index contributed by atoms with van der Waals surface area (Å²) in [7, 11) is 1.49. The lowest BCUT2D eigenvalue weighted by Crippen LogP contribution is -2.26. The standard InChI is InChI=1S/C23H19F4N3O3/c1-28-22(32)20-13-19(6-8-29-20)33-18-4-2-3-14(9-18)5-7-30-21(31)15-10-16(23(25,26)27)12-17(24)11-15/h2-4,6,8-13H,5,7H2,1H3,(H,28,32)(H,30,31). The largest absolute Gasteiger partial charge is 0.457 e. The zero-order valence-electron chi connectivity index (χ0n) is 17.4. The molecule has 2 amide bonds. The number of amides is 2. The molecular weight excluding hydrogens is 442 g/mol. The smallest absolute Gasteiger partial charge is 0.416 e. The number of benzene rings is 2. The van der Waals surface area contributed by atoms with Gasteiger partial charge in [-0.1, -0.05) is 12.1 Å². The number of ether oxygens (including phenoxy) is 1. The Labute approximate surface area is 186 Å². The summed E-state index contributed by atoms with van der Waals surface area (Å²) in [6.07, 6.45) is -2.96. The van der Waals surface area contributed by atoms with Crippen LogP contribution in [0.25, 0.3) is 0 Å². The van der Waals surface area contributed by atoms with E-state index in [1.54, 1.807) is 30.3 Å². The molecule has 3 aromatic rings. The third-order valence-electron chi connectivity index (χ3n) is 4.51. The molecule has 0 aliphatic rings. The van der Waals surface area contributed by atoms with Crippen LogP contribution in [0.1, 0.15) is 32.0 Å². The molecule has 0 fully saturated rings. The van der Waals surface area contributed by atoms with E-state index in [9.17, 15) is 27.2 Å². The van der Waals surface area contributed by atoms with Gasteiger partial charge in [0.15, 0.2) is 0 Å². The van der Waals surface area contributed by atoms with Crippen molar-refractivity contribution in [1.82, 2.24) is 15.6 Å². The van der Waals surface area contributed by atoms with Crippen LogP contribution in [-0.2, 0) is 12.6 Å². The summed E-state index contributed by atoms with van der Waals surface area (Å²) >= 11 is 0. The van der Waals surface area contributed by atoms with Crippen LogP contribution in [-0.4, -0.2) is 30.4 Å². The Bertz CT molecular complexity index is 1170. The van der Waals surface area contributed by atoms with E-state index in [1.165, 1.54) is 19.3 Å². The molecule has 2 N–H and O–H groups in total. The normalized spacial score (nSPS) is 11.1. The van der Waals surface area contributed by atoms with Crippen molar-refractivity contribution in [2.24, 2.45) is 0 Å². The quantitative estimate of drug-likeness (QED) is 0.513. The monoisotopic (exact) mass is 461 g/mol. The number of hydrogen-bond donors (Lipinski definition) is 2. The zero-order valence-corrected chi connectivity index (χ0v) is 17.4. The molecule has 0 aliphatic heterocycles. The molecule has 33 heavy (non-hydrogen) atoms. The van der Waals surface area contributed by atoms with Crippen LogP contribution in [0.15, 0.2) is 60.8 Å². The second-order valence-corrected chi connectivity index (χ2v) is 6.94. The number of pyridine rings is 1. The van der Waals surface area contributed by atoms with Crippen molar-refractivity contribution < 1.29 is 31.9 Å². The molecular formula is C23H19F4N3O3. The molecule has 172 valence electrons. The Hall–Kier alpha value is -3.95. The minimum absolute atomic E-state index is 0.107. The van der Waals surface area contributed by atoms with E-state index >= 15 is 0 Å². The van der Waals surface area contributed by atoms with Gasteiger partial charge < -0.3 is 15.4 Å². The zero-order chi connectivity index (χ0) is 24.0. The first kappa shape index (κ1) is 23.7. The second-order valence-electron chi connectivity index (χ2n) is 6.94. The highest BCUT2D eigenvalue weighted by atomic mass is 19.4. The molecule has 3 rings (SSSR count). The van der Waals surface area contributed by atoms with E-state index in [0.29, 0.717) is 30.1 Å². The highest BCUT2D eigenvalue weighted by Crippen LogP contribution is 2.30. The SMILES string of the molecule is CNC(=O)c1cc(Oc2cccc(CCNC(=O)c3cc(F)cc(C(F)(F)F)c3)c2)ccn1. The molecule has 2 aromatic carbocycles. The highest BCUT2D eigenvalue weighted by Gasteiger charge is 2.32. The van der Waals surface area contributed by atoms with Crippen molar-refractivity contribution in [2.45, 2.75) is 12.6 Å². The van der Waals surface area contributed by atoms with Crippen molar-refractivity contribution in [3.63, 3.8) is 0 Å². The second kappa shape index (κ2) is 10.1. The van der Waals surface area contributed by atoms with Gasteiger partial charge in [-0.05, 0) is 48.4 Å². The first-order chi connectivity index (χ1) is 15.7. The molecule has 10 heteroatoms. The van der Waals surface area contributed by atoms with Crippen LogP contribution < -0.4 is 15.4 Å². The van der Waals surface area contributed by atoms with Crippen molar-refractivity contribution in [3.05, 3.63) is 89.0 Å². The van der Waals surface area contributed by atoms with Crippen molar-refractivity contribution in [2.75, 3.05) is 13.6 Å². The highest BCUT2D eigenvalue weighted by molar-refractivity contribution is 5.94. The Morgan fingerprint density at radius 2 is 1.76 bits per heavy atom. The summed E-state index contributed by atoms with van der Waals surface area (Å²) in [5.41, 5.74) is -0.666. The maximum absolute atomic E-state index is 13.5. The van der Waals surface area contributed by atoms with Gasteiger partial charge in [-0.15, -0.1) is 0 Å². The van der Waals surface area contributed by atoms with E-state index in [4.69, 9.17) is 4.74 Å². The van der Waals surface area contributed by atoms with Gasteiger partial charge in [0.1, 0.15) is 23.0 Å². The van der Waals surface area contributed by atoms with Crippen LogP contribution in [0.2, 0.25) is 0 Å². The molecule has 0 atom stereocenters. The average molecular weight is 461 g/mol. The maximum Gasteiger partial charge on any atom is 0.416 e. The van der Waals surface area contributed by atoms with Gasteiger partial charge in [0.2, 0.25) is 0 Å². The van der Waals surface area contributed by atoms with Crippen LogP contribution in [0.5, 0.6) is 11.5 Å². The van der Waals surface area contributed by atoms with E-state index in [-0.39, 0.29) is 18.1 Å². The Balaban J connectivity index is 1.61. The fraction of sp³-hybridized carbons (Fsp3) is 0.174. The number of hydrogen-bond acceptors (Lipinski definition) is 4. The van der Waals surface area contributed by atoms with E-state index < -0.39 is 29.0 Å². The Kier molecular flexibility index (Phi) is 7.27. The molecule has 0 bridgehead atoms. The summed E-state index contributed by atoms with van der Waals surface area (Å²) in [4.78, 5) is 27.8. The van der Waals surface area contributed by atoms with Crippen molar-refractivity contribution in [3.8, 4) is 11.5 Å². The van der Waals surface area contributed by atoms with Gasteiger partial charge in [0.25, 0.3) is 11.8 Å². The molecule has 0 saturated carbocycles. The number of carbonyl (C=O) groups is 2. The van der Waals surface area contributed by atoms with E-state index in [2.05, 4.69) is 15.6 Å². The third kappa shape index (κ3) is 6.52. The summed E-state index contributed by atoms with van der Waals surface area (Å²) < 4.78 is 57.7. The number of nitrogens with zero attached hydrogens (tertiary/aromatic N) is 1. The van der Waals surface area contributed by atoms with Crippen molar-refractivity contribution >= 4 is 11.8 Å². The minimum atomic E-state index is -4.76. The molecule has 0 aliphatic carbocycles. The number of halogens is 4. The van der Waals surface area contributed by atoms with Crippen LogP contribution in [0.4, 0.5) is 17.6 Å². The Morgan fingerprint density at radius 3 is 2.48 bits per heavy atom. The van der Waals surface area contributed by atoms with Gasteiger partial charge in [-0.25, -0.2) is 4.39 Å². The lowest BCUT2D eigenvalue weighted by Gasteiger charge is -2.11. The summed E-state index contributed by atoms with van der Waals surface area (Å²) in [5.74, 6) is -1.43. The maximum atomic E-state index is 13.5. The first-order valence-electron chi connectivity index (χ1n) is 9.76. The third-order valence-corrected chi connectivity index (χ3v) is 4.51. The van der Waals surface area contributed by atoms with Crippen LogP contribution in [0, 0.1) is 5.82 Å². The number of rotatable bonds is 7. The molecule has 1 heterocycles. The topological polar surface area (TPSA) is 80.3 Å². The summed E-state index contributed by atoms with van der Waals surface area (Å²) in [5, 5.41) is 4.95. The minimum Gasteiger partial charge on any atom is -0.457 e. The fourth-order valence-corrected chi connectivity index (χ4v) is 2.93. The van der Waals surface area contributed by atoms with Gasteiger partial charge in [0.05, 0.1) is 5.56 Å². The molecule has 0 radical (unpaired) electrons. The Morgan fingerprint density at radius 1 is 1.00 bits per heavy atom. The molecule has 6 nitrogen and oxygen atoms in total. The molecule has 0 spiro atoms. The predicted molar refractivity (Wildman–Crippen MR) is 112 cm³/mol. The van der Waals surface area contributed by atoms with Gasteiger partial charge in [0, 0.05) is 31.4 Å². The fourth-order valence-electron chi connectivity index (χ4n) is 2.93. The van der Waals surface area contributed by atoms with Crippen LogP contribution in [0.3, 0.4) is 0 Å². The van der Waals surface area contributed by atoms with Crippen molar-refractivity contribution in [1.29, 1.82) is 0 Å². The summed E-state index contributed by atoms with van der Waals surface area (Å²) in [6.45, 7) is 0.107. The number of alkyl halides is 3. The average Bonchev–Trinajstić information content (AvgIpc) is 2.78. The van der Waals surface area contributed by atoms with E-state index in [0.717, 1.165) is 11.6 Å². The van der Waals surface area contributed by atoms with Gasteiger partial charge in [-0.2, -0.15) is 13.2 Å². The number of aromatic nitrogens is 1. The number of nitrogens with one attached hydrogen (secondary N) is 2. The molecule has 0 saturated heterocycles. The van der Waals surface area contributed by atoms with E-state index in [1.807, 2.05) is 0 Å².